The van der Waals surface area contributed by atoms with Crippen LogP contribution in [0.3, 0.4) is 0 Å². The number of carboxylic acids is 1. The molecule has 18 heavy (non-hydrogen) atoms. The van der Waals surface area contributed by atoms with Crippen LogP contribution < -0.4 is 5.32 Å². The van der Waals surface area contributed by atoms with Gasteiger partial charge in [-0.3, -0.25) is 4.79 Å². The summed E-state index contributed by atoms with van der Waals surface area (Å²) in [6.45, 7) is 0. The molecule has 0 aliphatic carbocycles. The molecule has 0 saturated carbocycles. The van der Waals surface area contributed by atoms with Gasteiger partial charge in [0.2, 0.25) is 0 Å². The second-order valence-electron chi connectivity index (χ2n) is 3.38. The molecular formula is C10H11Br2NO3S2. The van der Waals surface area contributed by atoms with Crippen molar-refractivity contribution < 1.29 is 14.7 Å². The topological polar surface area (TPSA) is 66.4 Å². The third-order valence-corrected chi connectivity index (χ3v) is 5.98. The minimum atomic E-state index is -1.01. The summed E-state index contributed by atoms with van der Waals surface area (Å²) in [5.74, 6) is -0.679. The van der Waals surface area contributed by atoms with Crippen LogP contribution in [0.25, 0.3) is 0 Å². The zero-order valence-electron chi connectivity index (χ0n) is 9.41. The van der Waals surface area contributed by atoms with Gasteiger partial charge in [-0.1, -0.05) is 0 Å². The lowest BCUT2D eigenvalue weighted by molar-refractivity contribution is -0.139. The number of carbonyl (C=O) groups is 2. The lowest BCUT2D eigenvalue weighted by Gasteiger charge is -2.12. The molecule has 0 aliphatic rings. The van der Waals surface area contributed by atoms with Gasteiger partial charge in [-0.2, -0.15) is 11.8 Å². The number of hydrogen-bond donors (Lipinski definition) is 2. The Morgan fingerprint density at radius 2 is 2.22 bits per heavy atom. The van der Waals surface area contributed by atoms with Crippen LogP contribution in [0.2, 0.25) is 0 Å². The van der Waals surface area contributed by atoms with Crippen LogP contribution in [-0.4, -0.2) is 35.0 Å². The van der Waals surface area contributed by atoms with Crippen molar-refractivity contribution in [1.29, 1.82) is 0 Å². The summed E-state index contributed by atoms with van der Waals surface area (Å²) >= 11 is 9.39. The zero-order valence-corrected chi connectivity index (χ0v) is 14.2. The van der Waals surface area contributed by atoms with Gasteiger partial charge < -0.3 is 10.4 Å². The number of rotatable bonds is 6. The molecule has 0 unspecified atom stereocenters. The highest BCUT2D eigenvalue weighted by atomic mass is 79.9. The number of thioether (sulfide) groups is 1. The molecule has 0 radical (unpaired) electrons. The summed E-state index contributed by atoms with van der Waals surface area (Å²) in [5.41, 5.74) is 0. The van der Waals surface area contributed by atoms with Gasteiger partial charge in [-0.25, -0.2) is 4.79 Å². The van der Waals surface area contributed by atoms with E-state index in [0.717, 1.165) is 8.26 Å². The minimum Gasteiger partial charge on any atom is -0.480 e. The Kier molecular flexibility index (Phi) is 6.68. The molecule has 8 heteroatoms. The quantitative estimate of drug-likeness (QED) is 0.747. The third kappa shape index (κ3) is 4.56. The average Bonchev–Trinajstić information content (AvgIpc) is 2.64. The molecule has 1 heterocycles. The first-order chi connectivity index (χ1) is 8.45. The lowest BCUT2D eigenvalue weighted by Crippen LogP contribution is -2.40. The molecule has 1 amide bonds. The second-order valence-corrected chi connectivity index (χ2v) is 7.59. The van der Waals surface area contributed by atoms with Crippen molar-refractivity contribution in [2.24, 2.45) is 0 Å². The van der Waals surface area contributed by atoms with E-state index in [-0.39, 0.29) is 5.91 Å². The van der Waals surface area contributed by atoms with Gasteiger partial charge in [-0.05, 0) is 56.4 Å². The van der Waals surface area contributed by atoms with Crippen LogP contribution in [0, 0.1) is 0 Å². The Labute approximate surface area is 130 Å². The van der Waals surface area contributed by atoms with Crippen LogP contribution in [-0.2, 0) is 4.79 Å². The van der Waals surface area contributed by atoms with Crippen LogP contribution in [0.5, 0.6) is 0 Å². The van der Waals surface area contributed by atoms with Crippen molar-refractivity contribution >= 4 is 66.8 Å². The fourth-order valence-corrected chi connectivity index (χ4v) is 3.59. The van der Waals surface area contributed by atoms with E-state index in [9.17, 15) is 9.59 Å². The number of nitrogens with one attached hydrogen (secondary N) is 1. The molecule has 1 atom stereocenters. The fourth-order valence-electron chi connectivity index (χ4n) is 1.18. The molecule has 0 aromatic carbocycles. The van der Waals surface area contributed by atoms with E-state index in [2.05, 4.69) is 37.2 Å². The highest BCUT2D eigenvalue weighted by Crippen LogP contribution is 2.32. The number of hydrogen-bond acceptors (Lipinski definition) is 4. The SMILES string of the molecule is CSCC[C@@H](NC(=O)c1cc(Br)c(Br)s1)C(=O)O. The van der Waals surface area contributed by atoms with Gasteiger partial charge in [0.25, 0.3) is 5.91 Å². The maximum Gasteiger partial charge on any atom is 0.326 e. The Morgan fingerprint density at radius 1 is 1.56 bits per heavy atom. The molecule has 0 aliphatic heterocycles. The summed E-state index contributed by atoms with van der Waals surface area (Å²) in [6, 6.07) is 0.821. The molecular weight excluding hydrogens is 406 g/mol. The summed E-state index contributed by atoms with van der Waals surface area (Å²) in [6.07, 6.45) is 2.31. The van der Waals surface area contributed by atoms with E-state index in [4.69, 9.17) is 5.11 Å². The Bertz CT molecular complexity index is 431. The van der Waals surface area contributed by atoms with Crippen molar-refractivity contribution in [1.82, 2.24) is 5.32 Å². The first-order valence-corrected chi connectivity index (χ1v) is 8.72. The smallest absolute Gasteiger partial charge is 0.326 e. The average molecular weight is 417 g/mol. The molecule has 0 saturated heterocycles. The van der Waals surface area contributed by atoms with Crippen LogP contribution in [0.4, 0.5) is 0 Å². The van der Waals surface area contributed by atoms with E-state index < -0.39 is 12.0 Å². The van der Waals surface area contributed by atoms with E-state index in [0.29, 0.717) is 17.1 Å². The van der Waals surface area contributed by atoms with Crippen LogP contribution >= 0.6 is 55.0 Å². The van der Waals surface area contributed by atoms with Crippen molar-refractivity contribution in [3.05, 3.63) is 19.2 Å². The van der Waals surface area contributed by atoms with Crippen LogP contribution in [0.1, 0.15) is 16.1 Å². The van der Waals surface area contributed by atoms with E-state index in [1.54, 1.807) is 17.8 Å². The van der Waals surface area contributed by atoms with Gasteiger partial charge in [0.05, 0.1) is 8.66 Å². The molecule has 4 nitrogen and oxygen atoms in total. The lowest BCUT2D eigenvalue weighted by atomic mass is 10.2. The van der Waals surface area contributed by atoms with Crippen LogP contribution in [0.15, 0.2) is 14.3 Å². The predicted molar refractivity (Wildman–Crippen MR) is 81.6 cm³/mol. The van der Waals surface area contributed by atoms with Crippen molar-refractivity contribution in [3.8, 4) is 0 Å². The van der Waals surface area contributed by atoms with E-state index >= 15 is 0 Å². The van der Waals surface area contributed by atoms with Crippen molar-refractivity contribution in [2.75, 3.05) is 12.0 Å². The number of amides is 1. The summed E-state index contributed by atoms with van der Waals surface area (Å²) in [7, 11) is 0. The number of carbonyl (C=O) groups excluding carboxylic acids is 1. The molecule has 1 aromatic heterocycles. The van der Waals surface area contributed by atoms with Gasteiger partial charge in [-0.15, -0.1) is 11.3 Å². The minimum absolute atomic E-state index is 0.361. The number of aliphatic carboxylic acids is 1. The van der Waals surface area contributed by atoms with E-state index in [1.807, 2.05) is 6.26 Å². The Hall–Kier alpha value is -0.0500. The highest BCUT2D eigenvalue weighted by Gasteiger charge is 2.21. The summed E-state index contributed by atoms with van der Waals surface area (Å²) < 4.78 is 1.59. The van der Waals surface area contributed by atoms with Gasteiger partial charge in [0, 0.05) is 4.47 Å². The highest BCUT2D eigenvalue weighted by molar-refractivity contribution is 9.13. The number of thiophene rings is 1. The van der Waals surface area contributed by atoms with E-state index in [1.165, 1.54) is 11.3 Å². The first-order valence-electron chi connectivity index (χ1n) is 4.93. The third-order valence-electron chi connectivity index (χ3n) is 2.08. The number of halogens is 2. The van der Waals surface area contributed by atoms with Gasteiger partial charge in [0.1, 0.15) is 6.04 Å². The second kappa shape index (κ2) is 7.52. The Morgan fingerprint density at radius 3 is 2.67 bits per heavy atom. The molecule has 0 bridgehead atoms. The predicted octanol–water partition coefficient (Wildman–Crippen LogP) is 3.21. The van der Waals surface area contributed by atoms with Gasteiger partial charge >= 0.3 is 5.97 Å². The summed E-state index contributed by atoms with van der Waals surface area (Å²) in [5, 5.41) is 11.5. The molecule has 0 spiro atoms. The normalized spacial score (nSPS) is 12.2. The number of carboxylic acid groups (broad SMARTS) is 1. The maximum atomic E-state index is 11.9. The zero-order chi connectivity index (χ0) is 13.7. The molecule has 1 rings (SSSR count). The van der Waals surface area contributed by atoms with Crippen molar-refractivity contribution in [3.63, 3.8) is 0 Å². The first kappa shape index (κ1) is 16.0. The molecule has 2 N–H and O–H groups in total. The molecule has 100 valence electrons. The largest absolute Gasteiger partial charge is 0.480 e. The molecule has 1 aromatic rings. The maximum absolute atomic E-state index is 11.9. The van der Waals surface area contributed by atoms with Crippen molar-refractivity contribution in [2.45, 2.75) is 12.5 Å². The molecule has 0 fully saturated rings. The summed E-state index contributed by atoms with van der Waals surface area (Å²) in [4.78, 5) is 23.4. The fraction of sp³-hybridized carbons (Fsp3) is 0.400. The van der Waals surface area contributed by atoms with Gasteiger partial charge in [0.15, 0.2) is 0 Å². The Balaban J connectivity index is 2.69. The monoisotopic (exact) mass is 415 g/mol. The standard InChI is InChI=1S/C10H11Br2NO3S2/c1-17-3-2-6(10(15)16)13-9(14)7-4-5(11)8(12)18-7/h4,6H,2-3H2,1H3,(H,13,14)(H,15,16)/t6-/m1/s1.